The highest BCUT2D eigenvalue weighted by molar-refractivity contribution is 5.96. The lowest BCUT2D eigenvalue weighted by Gasteiger charge is -2.06. The van der Waals surface area contributed by atoms with Crippen LogP contribution in [0.25, 0.3) is 0 Å². The van der Waals surface area contributed by atoms with Gasteiger partial charge in [0.25, 0.3) is 0 Å². The molecule has 0 N–H and O–H groups in total. The largest absolute Gasteiger partial charge is 0.294 e. The Balaban J connectivity index is 1.33. The third kappa shape index (κ3) is 8.46. The molecular weight excluding hydrogens is 404 g/mol. The van der Waals surface area contributed by atoms with Gasteiger partial charge in [-0.15, -0.1) is 0 Å². The maximum Gasteiger partial charge on any atom is 0.162 e. The van der Waals surface area contributed by atoms with Crippen molar-refractivity contribution < 1.29 is 9.59 Å². The number of rotatable bonds is 14. The molecule has 3 aromatic carbocycles. The topological polar surface area (TPSA) is 34.1 Å². The molecule has 0 unspecified atom stereocenters. The van der Waals surface area contributed by atoms with Crippen LogP contribution in [-0.2, 0) is 19.3 Å². The summed E-state index contributed by atoms with van der Waals surface area (Å²) in [7, 11) is 0. The number of hydrogen-bond donors (Lipinski definition) is 0. The van der Waals surface area contributed by atoms with Crippen LogP contribution in [0.4, 0.5) is 0 Å². The van der Waals surface area contributed by atoms with Gasteiger partial charge in [-0.3, -0.25) is 9.59 Å². The molecule has 0 spiro atoms. The van der Waals surface area contributed by atoms with Crippen LogP contribution < -0.4 is 0 Å². The van der Waals surface area contributed by atoms with Gasteiger partial charge in [-0.2, -0.15) is 0 Å². The highest BCUT2D eigenvalue weighted by atomic mass is 16.1. The lowest BCUT2D eigenvalue weighted by molar-refractivity contribution is 0.0971. The van der Waals surface area contributed by atoms with E-state index in [1.807, 2.05) is 30.3 Å². The molecule has 172 valence electrons. The van der Waals surface area contributed by atoms with Crippen molar-refractivity contribution in [3.63, 3.8) is 0 Å². The number of benzene rings is 3. The molecule has 2 heteroatoms. The van der Waals surface area contributed by atoms with Crippen LogP contribution >= 0.6 is 0 Å². The molecule has 0 aliphatic heterocycles. The molecule has 0 amide bonds. The van der Waals surface area contributed by atoms with Crippen LogP contribution in [0.3, 0.4) is 0 Å². The van der Waals surface area contributed by atoms with Gasteiger partial charge in [-0.1, -0.05) is 92.2 Å². The first-order chi connectivity index (χ1) is 16.2. The average molecular weight is 441 g/mol. The lowest BCUT2D eigenvalue weighted by Crippen LogP contribution is -2.01. The lowest BCUT2D eigenvalue weighted by atomic mass is 9.99. The molecule has 0 bridgehead atoms. The molecule has 0 aliphatic rings. The first-order valence-electron chi connectivity index (χ1n) is 12.4. The minimum Gasteiger partial charge on any atom is -0.294 e. The van der Waals surface area contributed by atoms with Crippen molar-refractivity contribution in [1.29, 1.82) is 0 Å². The van der Waals surface area contributed by atoms with Crippen LogP contribution in [0.1, 0.15) is 89.3 Å². The van der Waals surface area contributed by atoms with Crippen LogP contribution in [0.5, 0.6) is 0 Å². The van der Waals surface area contributed by atoms with Crippen molar-refractivity contribution in [2.75, 3.05) is 0 Å². The Labute approximate surface area is 199 Å². The molecule has 0 saturated carbocycles. The summed E-state index contributed by atoms with van der Waals surface area (Å²) in [4.78, 5) is 24.9. The first-order valence-corrected chi connectivity index (χ1v) is 12.4. The molecule has 0 heterocycles. The summed E-state index contributed by atoms with van der Waals surface area (Å²) < 4.78 is 0. The van der Waals surface area contributed by atoms with E-state index in [4.69, 9.17) is 0 Å². The van der Waals surface area contributed by atoms with Gasteiger partial charge in [0.05, 0.1) is 0 Å². The molecule has 3 aromatic rings. The number of ketones is 2. The highest BCUT2D eigenvalue weighted by Crippen LogP contribution is 2.15. The van der Waals surface area contributed by atoms with E-state index in [0.29, 0.717) is 12.8 Å². The van der Waals surface area contributed by atoms with E-state index in [1.165, 1.54) is 16.7 Å². The van der Waals surface area contributed by atoms with Crippen LogP contribution in [0.15, 0.2) is 78.9 Å². The van der Waals surface area contributed by atoms with Gasteiger partial charge >= 0.3 is 0 Å². The molecule has 0 radical (unpaired) electrons. The Kier molecular flexibility index (Phi) is 10.1. The zero-order valence-corrected chi connectivity index (χ0v) is 19.9. The fraction of sp³-hybridized carbons (Fsp3) is 0.355. The fourth-order valence-electron chi connectivity index (χ4n) is 4.17. The zero-order chi connectivity index (χ0) is 23.3. The molecule has 0 fully saturated rings. The quantitative estimate of drug-likeness (QED) is 0.189. The fourth-order valence-corrected chi connectivity index (χ4v) is 4.17. The Hall–Kier alpha value is -3.00. The van der Waals surface area contributed by atoms with Crippen LogP contribution in [-0.4, -0.2) is 11.6 Å². The maximum absolute atomic E-state index is 12.5. The Bertz CT molecular complexity index is 985. The van der Waals surface area contributed by atoms with Crippen molar-refractivity contribution in [2.24, 2.45) is 0 Å². The summed E-state index contributed by atoms with van der Waals surface area (Å²) in [5, 5.41) is 0. The molecule has 0 aromatic heterocycles. The molecule has 2 nitrogen and oxygen atoms in total. The van der Waals surface area contributed by atoms with Crippen molar-refractivity contribution in [3.05, 3.63) is 107 Å². The van der Waals surface area contributed by atoms with E-state index in [0.717, 1.165) is 62.5 Å². The monoisotopic (exact) mass is 440 g/mol. The van der Waals surface area contributed by atoms with Crippen LogP contribution in [0.2, 0.25) is 0 Å². The second kappa shape index (κ2) is 13.5. The summed E-state index contributed by atoms with van der Waals surface area (Å²) in [5.41, 5.74) is 5.48. The number of unbranched alkanes of at least 4 members (excludes halogenated alkanes) is 2. The summed E-state index contributed by atoms with van der Waals surface area (Å²) in [6.45, 7) is 2.17. The Morgan fingerprint density at radius 3 is 1.39 bits per heavy atom. The van der Waals surface area contributed by atoms with E-state index in [9.17, 15) is 9.59 Å². The molecular formula is C31H36O2. The Morgan fingerprint density at radius 2 is 0.939 bits per heavy atom. The summed E-state index contributed by atoms with van der Waals surface area (Å²) in [6, 6.07) is 26.5. The van der Waals surface area contributed by atoms with Gasteiger partial charge < -0.3 is 0 Å². The Morgan fingerprint density at radius 1 is 0.515 bits per heavy atom. The summed E-state index contributed by atoms with van der Waals surface area (Å²) >= 11 is 0. The molecule has 0 saturated heterocycles. The summed E-state index contributed by atoms with van der Waals surface area (Å²) in [5.74, 6) is 0.455. The van der Waals surface area contributed by atoms with Crippen molar-refractivity contribution in [3.8, 4) is 0 Å². The molecule has 0 aliphatic carbocycles. The van der Waals surface area contributed by atoms with Crippen molar-refractivity contribution in [1.82, 2.24) is 0 Å². The number of aryl methyl sites for hydroxylation is 3. The van der Waals surface area contributed by atoms with Gasteiger partial charge in [0, 0.05) is 24.0 Å². The second-order valence-corrected chi connectivity index (χ2v) is 8.89. The third-order valence-electron chi connectivity index (χ3n) is 6.17. The highest BCUT2D eigenvalue weighted by Gasteiger charge is 2.08. The predicted molar refractivity (Wildman–Crippen MR) is 137 cm³/mol. The average Bonchev–Trinajstić information content (AvgIpc) is 2.86. The molecule has 3 rings (SSSR count). The van der Waals surface area contributed by atoms with E-state index in [1.54, 1.807) is 0 Å². The zero-order valence-electron chi connectivity index (χ0n) is 19.9. The van der Waals surface area contributed by atoms with Gasteiger partial charge in [0.2, 0.25) is 0 Å². The molecule has 0 atom stereocenters. The number of carbonyl (C=O) groups is 2. The van der Waals surface area contributed by atoms with Crippen LogP contribution in [0, 0.1) is 0 Å². The van der Waals surface area contributed by atoms with Crippen molar-refractivity contribution >= 4 is 11.6 Å². The minimum absolute atomic E-state index is 0.227. The maximum atomic E-state index is 12.5. The number of Topliss-reactive ketones (excluding diaryl/α,β-unsaturated/α-hetero) is 2. The van der Waals surface area contributed by atoms with E-state index >= 15 is 0 Å². The van der Waals surface area contributed by atoms with E-state index in [-0.39, 0.29) is 11.6 Å². The standard InChI is InChI=1S/C31H36O2/c1-2-10-25-17-21-28(22-18-25)30(32)16-9-7-14-27-19-23-29(24-20-27)31(33)15-8-6-13-26-11-4-3-5-12-26/h3-5,11-12,17-24H,2,6-10,13-16H2,1H3. The smallest absolute Gasteiger partial charge is 0.162 e. The van der Waals surface area contributed by atoms with Gasteiger partial charge in [0.1, 0.15) is 0 Å². The number of hydrogen-bond acceptors (Lipinski definition) is 2. The minimum atomic E-state index is 0.227. The number of carbonyl (C=O) groups excluding carboxylic acids is 2. The van der Waals surface area contributed by atoms with E-state index < -0.39 is 0 Å². The normalized spacial score (nSPS) is 10.8. The second-order valence-electron chi connectivity index (χ2n) is 8.89. The summed E-state index contributed by atoms with van der Waals surface area (Å²) in [6.07, 6.45) is 9.17. The van der Waals surface area contributed by atoms with E-state index in [2.05, 4.69) is 55.5 Å². The van der Waals surface area contributed by atoms with Crippen molar-refractivity contribution in [2.45, 2.75) is 71.1 Å². The van der Waals surface area contributed by atoms with Gasteiger partial charge in [0.15, 0.2) is 11.6 Å². The molecule has 33 heavy (non-hydrogen) atoms. The van der Waals surface area contributed by atoms with Gasteiger partial charge in [-0.05, 0) is 61.6 Å². The first kappa shape index (κ1) is 24.6. The predicted octanol–water partition coefficient (Wildman–Crippen LogP) is 7.83. The van der Waals surface area contributed by atoms with Gasteiger partial charge in [-0.25, -0.2) is 0 Å². The SMILES string of the molecule is CCCc1ccc(C(=O)CCCCc2ccc(C(=O)CCCCc3ccccc3)cc2)cc1. The third-order valence-corrected chi connectivity index (χ3v) is 6.17.